The lowest BCUT2D eigenvalue weighted by Gasteiger charge is -2.14. The maximum Gasteiger partial charge on any atom is 0.161 e. The van der Waals surface area contributed by atoms with Crippen LogP contribution >= 0.6 is 0 Å². The molecule has 238 valence electrons. The van der Waals surface area contributed by atoms with Gasteiger partial charge in [0.25, 0.3) is 0 Å². The average Bonchev–Trinajstić information content (AvgIpc) is 3.55. The molecule has 3 heteroatoms. The van der Waals surface area contributed by atoms with Gasteiger partial charge >= 0.3 is 0 Å². The Bertz CT molecular complexity index is 2850. The van der Waals surface area contributed by atoms with E-state index < -0.39 is 0 Å². The van der Waals surface area contributed by atoms with Crippen molar-refractivity contribution in [3.05, 3.63) is 188 Å². The lowest BCUT2D eigenvalue weighted by Crippen LogP contribution is -1.97. The first-order chi connectivity index (χ1) is 25.3. The molecule has 2 heterocycles. The average molecular weight is 650 g/mol. The molecule has 10 aromatic rings. The Hall–Kier alpha value is -6.84. The summed E-state index contributed by atoms with van der Waals surface area (Å²) in [6, 6.07) is 66.8. The van der Waals surface area contributed by atoms with E-state index in [1.807, 2.05) is 6.07 Å². The number of rotatable bonds is 5. The van der Waals surface area contributed by atoms with Gasteiger partial charge < -0.3 is 4.57 Å². The molecule has 51 heavy (non-hydrogen) atoms. The molecule has 0 bridgehead atoms. The molecular formula is C48H31N3. The van der Waals surface area contributed by atoms with Crippen LogP contribution in [0.15, 0.2) is 188 Å². The molecule has 8 aromatic carbocycles. The van der Waals surface area contributed by atoms with Crippen molar-refractivity contribution in [2.75, 3.05) is 0 Å². The Kier molecular flexibility index (Phi) is 6.81. The van der Waals surface area contributed by atoms with Crippen molar-refractivity contribution < 1.29 is 0 Å². The topological polar surface area (TPSA) is 30.7 Å². The number of nitrogens with zero attached hydrogens (tertiary/aromatic N) is 3. The van der Waals surface area contributed by atoms with E-state index in [0.717, 1.165) is 44.7 Å². The van der Waals surface area contributed by atoms with Crippen LogP contribution in [0.3, 0.4) is 0 Å². The van der Waals surface area contributed by atoms with Crippen molar-refractivity contribution in [1.82, 2.24) is 14.5 Å². The zero-order chi connectivity index (χ0) is 33.7. The van der Waals surface area contributed by atoms with Gasteiger partial charge in [0.1, 0.15) is 0 Å². The molecule has 0 radical (unpaired) electrons. The largest absolute Gasteiger partial charge is 0.309 e. The summed E-state index contributed by atoms with van der Waals surface area (Å²) in [4.78, 5) is 10.4. The number of benzene rings is 8. The van der Waals surface area contributed by atoms with Crippen LogP contribution in [0.1, 0.15) is 0 Å². The fraction of sp³-hybridized carbons (Fsp3) is 0. The Morgan fingerprint density at radius 1 is 0.333 bits per heavy atom. The third-order valence-corrected chi connectivity index (χ3v) is 10.0. The first-order valence-electron chi connectivity index (χ1n) is 17.3. The molecule has 0 amide bonds. The second kappa shape index (κ2) is 11.9. The summed E-state index contributed by atoms with van der Waals surface area (Å²) >= 11 is 0. The number of fused-ring (bicyclic) bond motifs is 5. The Morgan fingerprint density at radius 3 is 1.57 bits per heavy atom. The molecule has 0 aliphatic carbocycles. The number of hydrogen-bond donors (Lipinski definition) is 0. The third-order valence-electron chi connectivity index (χ3n) is 10.0. The standard InChI is InChI=1S/C48H31N3/c1-2-13-34(14-3-1)44-31-45(36-23-22-32-12-4-5-15-35(32)30-36)50-48(49-44)43-29-28-38(39-16-6-7-17-40(39)43)33-24-26-37(27-25-33)51-46-20-10-8-18-41(46)42-19-9-11-21-47(42)51/h1-31H. The highest BCUT2D eigenvalue weighted by molar-refractivity contribution is 6.09. The summed E-state index contributed by atoms with van der Waals surface area (Å²) in [5.74, 6) is 0.712. The molecule has 0 N–H and O–H groups in total. The van der Waals surface area contributed by atoms with Gasteiger partial charge in [0.2, 0.25) is 0 Å². The molecule has 0 saturated carbocycles. The van der Waals surface area contributed by atoms with Gasteiger partial charge in [-0.15, -0.1) is 0 Å². The molecular weight excluding hydrogens is 619 g/mol. The smallest absolute Gasteiger partial charge is 0.161 e. The molecule has 0 fully saturated rings. The fourth-order valence-corrected chi connectivity index (χ4v) is 7.56. The van der Waals surface area contributed by atoms with Gasteiger partial charge in [-0.05, 0) is 75.1 Å². The van der Waals surface area contributed by atoms with Gasteiger partial charge in [-0.25, -0.2) is 9.97 Å². The van der Waals surface area contributed by atoms with Crippen molar-refractivity contribution in [2.45, 2.75) is 0 Å². The van der Waals surface area contributed by atoms with Crippen LogP contribution in [0.25, 0.3) is 94.1 Å². The second-order valence-corrected chi connectivity index (χ2v) is 13.0. The minimum Gasteiger partial charge on any atom is -0.309 e. The van der Waals surface area contributed by atoms with E-state index in [1.165, 1.54) is 43.5 Å². The maximum atomic E-state index is 5.23. The number of hydrogen-bond acceptors (Lipinski definition) is 2. The summed E-state index contributed by atoms with van der Waals surface area (Å²) in [6.45, 7) is 0. The van der Waals surface area contributed by atoms with Gasteiger partial charge in [-0.1, -0.05) is 146 Å². The highest BCUT2D eigenvalue weighted by Crippen LogP contribution is 2.38. The van der Waals surface area contributed by atoms with Crippen molar-refractivity contribution in [2.24, 2.45) is 0 Å². The van der Waals surface area contributed by atoms with Gasteiger partial charge in [0, 0.05) is 33.2 Å². The van der Waals surface area contributed by atoms with Crippen LogP contribution in [0.2, 0.25) is 0 Å². The normalized spacial score (nSPS) is 11.5. The van der Waals surface area contributed by atoms with E-state index in [1.54, 1.807) is 0 Å². The van der Waals surface area contributed by atoms with E-state index in [2.05, 4.69) is 187 Å². The van der Waals surface area contributed by atoms with Gasteiger partial charge in [-0.3, -0.25) is 0 Å². The minimum atomic E-state index is 0.712. The van der Waals surface area contributed by atoms with Crippen LogP contribution in [-0.4, -0.2) is 14.5 Å². The minimum absolute atomic E-state index is 0.712. The summed E-state index contributed by atoms with van der Waals surface area (Å²) in [5.41, 5.74) is 10.8. The van der Waals surface area contributed by atoms with Crippen LogP contribution < -0.4 is 0 Å². The monoisotopic (exact) mass is 649 g/mol. The van der Waals surface area contributed by atoms with Gasteiger partial charge in [0.15, 0.2) is 5.82 Å². The highest BCUT2D eigenvalue weighted by atomic mass is 15.0. The highest BCUT2D eigenvalue weighted by Gasteiger charge is 2.16. The molecule has 0 spiro atoms. The SMILES string of the molecule is c1ccc(-c2cc(-c3ccc4ccccc4c3)nc(-c3ccc(-c4ccc(-n5c6ccccc6c6ccccc65)cc4)c4ccccc34)n2)cc1. The van der Waals surface area contributed by atoms with E-state index in [-0.39, 0.29) is 0 Å². The molecule has 0 unspecified atom stereocenters. The lowest BCUT2D eigenvalue weighted by atomic mass is 9.94. The van der Waals surface area contributed by atoms with Crippen molar-refractivity contribution >= 4 is 43.4 Å². The maximum absolute atomic E-state index is 5.23. The molecule has 0 aliphatic heterocycles. The first kappa shape index (κ1) is 29.1. The molecule has 0 aliphatic rings. The van der Waals surface area contributed by atoms with Crippen LogP contribution in [0.5, 0.6) is 0 Å². The molecule has 2 aromatic heterocycles. The fourth-order valence-electron chi connectivity index (χ4n) is 7.56. The van der Waals surface area contributed by atoms with E-state index in [4.69, 9.17) is 9.97 Å². The number of para-hydroxylation sites is 2. The van der Waals surface area contributed by atoms with Crippen molar-refractivity contribution in [3.63, 3.8) is 0 Å². The Balaban J connectivity index is 1.10. The van der Waals surface area contributed by atoms with Crippen LogP contribution in [0.4, 0.5) is 0 Å². The lowest BCUT2D eigenvalue weighted by molar-refractivity contribution is 1.18. The first-order valence-corrected chi connectivity index (χ1v) is 17.3. The summed E-state index contributed by atoms with van der Waals surface area (Å²) in [6.07, 6.45) is 0. The molecule has 3 nitrogen and oxygen atoms in total. The zero-order valence-corrected chi connectivity index (χ0v) is 27.7. The molecule has 0 saturated heterocycles. The summed E-state index contributed by atoms with van der Waals surface area (Å²) in [7, 11) is 0. The zero-order valence-electron chi connectivity index (χ0n) is 27.7. The van der Waals surface area contributed by atoms with Crippen molar-refractivity contribution in [1.29, 1.82) is 0 Å². The summed E-state index contributed by atoms with van der Waals surface area (Å²) in [5, 5.41) is 7.22. The third kappa shape index (κ3) is 4.98. The second-order valence-electron chi connectivity index (χ2n) is 13.0. The van der Waals surface area contributed by atoms with Gasteiger partial charge in [-0.2, -0.15) is 0 Å². The van der Waals surface area contributed by atoms with Crippen molar-refractivity contribution in [3.8, 4) is 50.7 Å². The Morgan fingerprint density at radius 2 is 0.863 bits per heavy atom. The predicted molar refractivity (Wildman–Crippen MR) is 213 cm³/mol. The molecule has 0 atom stereocenters. The van der Waals surface area contributed by atoms with Crippen LogP contribution in [-0.2, 0) is 0 Å². The quantitative estimate of drug-likeness (QED) is 0.186. The summed E-state index contributed by atoms with van der Waals surface area (Å²) < 4.78 is 2.36. The van der Waals surface area contributed by atoms with E-state index in [0.29, 0.717) is 5.82 Å². The van der Waals surface area contributed by atoms with Gasteiger partial charge in [0.05, 0.1) is 22.4 Å². The predicted octanol–water partition coefficient (Wildman–Crippen LogP) is 12.5. The Labute approximate surface area is 295 Å². The van der Waals surface area contributed by atoms with Crippen LogP contribution in [0, 0.1) is 0 Å². The van der Waals surface area contributed by atoms with E-state index in [9.17, 15) is 0 Å². The number of aromatic nitrogens is 3. The van der Waals surface area contributed by atoms with E-state index >= 15 is 0 Å². The molecule has 10 rings (SSSR count).